The van der Waals surface area contributed by atoms with Crippen LogP contribution in [0, 0.1) is 5.92 Å². The molecule has 2 unspecified atom stereocenters. The Hall–Kier alpha value is -1.53. The van der Waals surface area contributed by atoms with E-state index in [4.69, 9.17) is 14.1 Å². The normalized spacial score (nSPS) is 25.8. The lowest BCUT2D eigenvalue weighted by Gasteiger charge is -2.48. The summed E-state index contributed by atoms with van der Waals surface area (Å²) in [7, 11) is 0. The molecule has 162 valence electrons. The lowest BCUT2D eigenvalue weighted by atomic mass is 9.83. The van der Waals surface area contributed by atoms with E-state index in [1.54, 1.807) is 6.26 Å². The molecule has 3 fully saturated rings. The third-order valence-electron chi connectivity index (χ3n) is 6.57. The van der Waals surface area contributed by atoms with E-state index < -0.39 is 0 Å². The lowest BCUT2D eigenvalue weighted by Crippen LogP contribution is -2.57. The van der Waals surface area contributed by atoms with Gasteiger partial charge in [0.05, 0.1) is 6.26 Å². The molecule has 29 heavy (non-hydrogen) atoms. The number of hydrogen-bond donors (Lipinski definition) is 1. The number of nitrogens with one attached hydrogen (secondary N) is 1. The molecular formula is C23H38N4O2. The van der Waals surface area contributed by atoms with Crippen molar-refractivity contribution in [1.29, 1.82) is 0 Å². The number of likely N-dealkylation sites (tertiary alicyclic amines) is 2. The van der Waals surface area contributed by atoms with Crippen molar-refractivity contribution in [2.75, 3.05) is 45.9 Å². The number of aliphatic imine (C=N–C) groups is 1. The van der Waals surface area contributed by atoms with Crippen molar-refractivity contribution in [2.24, 2.45) is 10.9 Å². The molecule has 3 aliphatic rings. The van der Waals surface area contributed by atoms with Crippen LogP contribution in [-0.4, -0.2) is 73.8 Å². The highest BCUT2D eigenvalue weighted by Crippen LogP contribution is 2.38. The van der Waals surface area contributed by atoms with Crippen molar-refractivity contribution in [2.45, 2.75) is 64.0 Å². The predicted molar refractivity (Wildman–Crippen MR) is 116 cm³/mol. The maximum Gasteiger partial charge on any atom is 0.193 e. The first-order valence-electron chi connectivity index (χ1n) is 11.7. The fraction of sp³-hybridized carbons (Fsp3) is 0.783. The SMILES string of the molecule is CCOCCCN=C(NCCc1ccco1)N1CCC2C(CCCN2C2CC2)C1. The minimum Gasteiger partial charge on any atom is -0.469 e. The number of piperidine rings is 2. The molecule has 1 aromatic rings. The summed E-state index contributed by atoms with van der Waals surface area (Å²) in [6.07, 6.45) is 10.5. The highest BCUT2D eigenvalue weighted by molar-refractivity contribution is 5.80. The zero-order chi connectivity index (χ0) is 19.9. The summed E-state index contributed by atoms with van der Waals surface area (Å²) in [6, 6.07) is 5.69. The molecule has 2 atom stereocenters. The molecule has 1 N–H and O–H groups in total. The van der Waals surface area contributed by atoms with Gasteiger partial charge in [0.25, 0.3) is 0 Å². The van der Waals surface area contributed by atoms with E-state index in [-0.39, 0.29) is 0 Å². The second-order valence-corrected chi connectivity index (χ2v) is 8.69. The number of furan rings is 1. The van der Waals surface area contributed by atoms with E-state index in [1.807, 2.05) is 19.1 Å². The van der Waals surface area contributed by atoms with Crippen LogP contribution in [0.15, 0.2) is 27.8 Å². The second kappa shape index (κ2) is 10.5. The van der Waals surface area contributed by atoms with Crippen molar-refractivity contribution in [3.05, 3.63) is 24.2 Å². The molecule has 0 radical (unpaired) electrons. The van der Waals surface area contributed by atoms with Crippen molar-refractivity contribution < 1.29 is 9.15 Å². The first-order valence-corrected chi connectivity index (χ1v) is 11.7. The molecule has 6 nitrogen and oxygen atoms in total. The standard InChI is InChI=1S/C23H38N4O2/c1-2-28-16-5-12-24-23(25-13-10-21-7-4-17-29-21)26-15-11-22-19(18-26)6-3-14-27(22)20-8-9-20/h4,7,17,19-20,22H,2-3,5-6,8-16,18H2,1H3,(H,24,25). The Morgan fingerprint density at radius 1 is 1.28 bits per heavy atom. The molecule has 4 rings (SSSR count). The average Bonchev–Trinajstić information content (AvgIpc) is 3.47. The van der Waals surface area contributed by atoms with Gasteiger partial charge < -0.3 is 19.4 Å². The first-order chi connectivity index (χ1) is 14.3. The third-order valence-corrected chi connectivity index (χ3v) is 6.57. The summed E-state index contributed by atoms with van der Waals surface area (Å²) in [4.78, 5) is 10.3. The maximum absolute atomic E-state index is 5.48. The van der Waals surface area contributed by atoms with Gasteiger partial charge in [-0.1, -0.05) is 0 Å². The van der Waals surface area contributed by atoms with Gasteiger partial charge in [-0.3, -0.25) is 9.89 Å². The van der Waals surface area contributed by atoms with Crippen LogP contribution in [0.3, 0.4) is 0 Å². The van der Waals surface area contributed by atoms with Gasteiger partial charge >= 0.3 is 0 Å². The summed E-state index contributed by atoms with van der Waals surface area (Å²) < 4.78 is 11.0. The Balaban J connectivity index is 1.33. The van der Waals surface area contributed by atoms with Crippen LogP contribution >= 0.6 is 0 Å². The monoisotopic (exact) mass is 402 g/mol. The van der Waals surface area contributed by atoms with E-state index in [0.717, 1.165) is 82.0 Å². The van der Waals surface area contributed by atoms with Gasteiger partial charge in [0.1, 0.15) is 5.76 Å². The molecule has 0 amide bonds. The zero-order valence-corrected chi connectivity index (χ0v) is 18.0. The van der Waals surface area contributed by atoms with E-state index in [1.165, 1.54) is 38.6 Å². The molecule has 2 aliphatic heterocycles. The summed E-state index contributed by atoms with van der Waals surface area (Å²) in [6.45, 7) is 8.88. The molecular weight excluding hydrogens is 364 g/mol. The molecule has 1 aromatic heterocycles. The van der Waals surface area contributed by atoms with Crippen LogP contribution in [0.25, 0.3) is 0 Å². The smallest absolute Gasteiger partial charge is 0.193 e. The van der Waals surface area contributed by atoms with E-state index >= 15 is 0 Å². The first kappa shape index (κ1) is 20.7. The number of ether oxygens (including phenoxy) is 1. The van der Waals surface area contributed by atoms with Crippen LogP contribution in [0.1, 0.15) is 51.2 Å². The third kappa shape index (κ3) is 5.76. The van der Waals surface area contributed by atoms with Crippen molar-refractivity contribution in [3.63, 3.8) is 0 Å². The highest BCUT2D eigenvalue weighted by Gasteiger charge is 2.42. The summed E-state index contributed by atoms with van der Waals surface area (Å²) >= 11 is 0. The van der Waals surface area contributed by atoms with Gasteiger partial charge in [-0.05, 0) is 70.0 Å². The number of guanidine groups is 1. The van der Waals surface area contributed by atoms with Crippen molar-refractivity contribution in [3.8, 4) is 0 Å². The van der Waals surface area contributed by atoms with Crippen LogP contribution < -0.4 is 5.32 Å². The molecule has 0 spiro atoms. The molecule has 6 heteroatoms. The Morgan fingerprint density at radius 2 is 2.21 bits per heavy atom. The minimum atomic E-state index is 0.782. The maximum atomic E-state index is 5.48. The fourth-order valence-corrected chi connectivity index (χ4v) is 5.01. The lowest BCUT2D eigenvalue weighted by molar-refractivity contribution is 0.0369. The number of hydrogen-bond acceptors (Lipinski definition) is 4. The molecule has 1 aliphatic carbocycles. The van der Waals surface area contributed by atoms with Gasteiger partial charge in [-0.15, -0.1) is 0 Å². The summed E-state index contributed by atoms with van der Waals surface area (Å²) in [5, 5.41) is 3.62. The fourth-order valence-electron chi connectivity index (χ4n) is 5.01. The molecule has 0 bridgehead atoms. The molecule has 3 heterocycles. The zero-order valence-electron chi connectivity index (χ0n) is 18.0. The van der Waals surface area contributed by atoms with E-state index in [0.29, 0.717) is 0 Å². The van der Waals surface area contributed by atoms with E-state index in [9.17, 15) is 0 Å². The van der Waals surface area contributed by atoms with Crippen LogP contribution in [0.4, 0.5) is 0 Å². The van der Waals surface area contributed by atoms with Gasteiger partial charge in [-0.25, -0.2) is 0 Å². The molecule has 2 saturated heterocycles. The Morgan fingerprint density at radius 3 is 3.00 bits per heavy atom. The Bertz CT molecular complexity index is 629. The van der Waals surface area contributed by atoms with Crippen LogP contribution in [0.2, 0.25) is 0 Å². The summed E-state index contributed by atoms with van der Waals surface area (Å²) in [5.74, 6) is 2.90. The van der Waals surface area contributed by atoms with Crippen LogP contribution in [0.5, 0.6) is 0 Å². The number of nitrogens with zero attached hydrogens (tertiary/aromatic N) is 3. The molecule has 1 saturated carbocycles. The Labute approximate surface area is 175 Å². The summed E-state index contributed by atoms with van der Waals surface area (Å²) in [5.41, 5.74) is 0. The quantitative estimate of drug-likeness (QED) is 0.391. The highest BCUT2D eigenvalue weighted by atomic mass is 16.5. The van der Waals surface area contributed by atoms with Crippen molar-refractivity contribution >= 4 is 5.96 Å². The Kier molecular flexibility index (Phi) is 7.49. The van der Waals surface area contributed by atoms with Gasteiger partial charge in [-0.2, -0.15) is 0 Å². The predicted octanol–water partition coefficient (Wildman–Crippen LogP) is 3.14. The van der Waals surface area contributed by atoms with E-state index in [2.05, 4.69) is 15.1 Å². The second-order valence-electron chi connectivity index (χ2n) is 8.69. The van der Waals surface area contributed by atoms with Gasteiger partial charge in [0.15, 0.2) is 5.96 Å². The van der Waals surface area contributed by atoms with Crippen molar-refractivity contribution in [1.82, 2.24) is 15.1 Å². The number of rotatable bonds is 9. The van der Waals surface area contributed by atoms with Gasteiger partial charge in [0, 0.05) is 57.9 Å². The largest absolute Gasteiger partial charge is 0.469 e. The van der Waals surface area contributed by atoms with Crippen LogP contribution in [-0.2, 0) is 11.2 Å². The molecule has 0 aromatic carbocycles. The topological polar surface area (TPSA) is 53.2 Å². The minimum absolute atomic E-state index is 0.782. The average molecular weight is 403 g/mol. The van der Waals surface area contributed by atoms with Gasteiger partial charge in [0.2, 0.25) is 0 Å². The number of fused-ring (bicyclic) bond motifs is 1.